The Balaban J connectivity index is 1.44. The number of esters is 1. The van der Waals surface area contributed by atoms with Crippen LogP contribution in [0.4, 0.5) is 5.00 Å². The summed E-state index contributed by atoms with van der Waals surface area (Å²) in [5, 5.41) is 14.6. The third-order valence-electron chi connectivity index (χ3n) is 6.67. The van der Waals surface area contributed by atoms with Gasteiger partial charge in [0.15, 0.2) is 0 Å². The van der Waals surface area contributed by atoms with Crippen molar-refractivity contribution in [3.63, 3.8) is 0 Å². The van der Waals surface area contributed by atoms with Crippen molar-refractivity contribution in [1.82, 2.24) is 0 Å². The van der Waals surface area contributed by atoms with Gasteiger partial charge in [-0.1, -0.05) is 54.6 Å². The molecule has 5 rings (SSSR count). The minimum atomic E-state index is -1.03. The van der Waals surface area contributed by atoms with E-state index >= 15 is 0 Å². The Bertz CT molecular complexity index is 1250. The Morgan fingerprint density at radius 1 is 0.971 bits per heavy atom. The van der Waals surface area contributed by atoms with E-state index in [-0.39, 0.29) is 12.2 Å². The predicted octanol–water partition coefficient (Wildman–Crippen LogP) is 5.08. The zero-order valence-corrected chi connectivity index (χ0v) is 19.9. The molecule has 8 heteroatoms. The molecule has 2 bridgehead atoms. The predicted molar refractivity (Wildman–Crippen MR) is 132 cm³/mol. The van der Waals surface area contributed by atoms with Crippen LogP contribution < -0.4 is 5.32 Å². The van der Waals surface area contributed by atoms with E-state index in [4.69, 9.17) is 9.47 Å². The molecule has 0 unspecified atom stereocenters. The lowest BCUT2D eigenvalue weighted by molar-refractivity contribution is -0.147. The number of amides is 1. The number of thiophene rings is 1. The molecular formula is C27H25NO6S. The number of anilines is 1. The average molecular weight is 492 g/mol. The number of hydrogen-bond acceptors (Lipinski definition) is 6. The standard InChI is InChI=1S/C27H25NO6S/c1-2-33-27(32)21-18(17-10-8-16(9-11-17)15-6-4-3-5-7-15)14-35-25(21)28-24(29)22-19-12-13-20(34-19)23(22)26(30)31/h3-11,14,19-20,22-23H,2,12-13H2,1H3,(H,28,29)(H,30,31)/t19-,20+,22+,23+/m1/s1. The molecule has 0 radical (unpaired) electrons. The highest BCUT2D eigenvalue weighted by atomic mass is 32.1. The van der Waals surface area contributed by atoms with E-state index in [1.54, 1.807) is 6.92 Å². The summed E-state index contributed by atoms with van der Waals surface area (Å²) in [4.78, 5) is 37.9. The van der Waals surface area contributed by atoms with Gasteiger partial charge in [-0.05, 0) is 36.5 Å². The topological polar surface area (TPSA) is 102 Å². The molecule has 0 aliphatic carbocycles. The van der Waals surface area contributed by atoms with Crippen LogP contribution in [0.5, 0.6) is 0 Å². The molecule has 2 aliphatic heterocycles. The van der Waals surface area contributed by atoms with Gasteiger partial charge in [-0.25, -0.2) is 4.79 Å². The number of carbonyl (C=O) groups is 3. The molecule has 2 fully saturated rings. The molecule has 7 nitrogen and oxygen atoms in total. The maximum atomic E-state index is 13.2. The molecule has 1 amide bonds. The van der Waals surface area contributed by atoms with E-state index in [0.29, 0.717) is 23.4 Å². The van der Waals surface area contributed by atoms with Crippen molar-refractivity contribution < 1.29 is 29.0 Å². The van der Waals surface area contributed by atoms with Crippen LogP contribution in [0.2, 0.25) is 0 Å². The van der Waals surface area contributed by atoms with Gasteiger partial charge >= 0.3 is 11.9 Å². The van der Waals surface area contributed by atoms with Crippen molar-refractivity contribution in [2.75, 3.05) is 11.9 Å². The van der Waals surface area contributed by atoms with Gasteiger partial charge in [0.2, 0.25) is 5.91 Å². The summed E-state index contributed by atoms with van der Waals surface area (Å²) in [6.45, 7) is 1.91. The second kappa shape index (κ2) is 9.64. The number of hydrogen-bond donors (Lipinski definition) is 2. The van der Waals surface area contributed by atoms with Gasteiger partial charge in [0, 0.05) is 10.9 Å². The molecule has 35 heavy (non-hydrogen) atoms. The summed E-state index contributed by atoms with van der Waals surface area (Å²) < 4.78 is 11.0. The van der Waals surface area contributed by atoms with Gasteiger partial charge in [0.1, 0.15) is 10.6 Å². The van der Waals surface area contributed by atoms with E-state index in [9.17, 15) is 19.5 Å². The van der Waals surface area contributed by atoms with Crippen LogP contribution in [0.3, 0.4) is 0 Å². The van der Waals surface area contributed by atoms with Crippen molar-refractivity contribution in [3.05, 3.63) is 65.5 Å². The summed E-state index contributed by atoms with van der Waals surface area (Å²) in [5.74, 6) is -3.69. The number of nitrogens with one attached hydrogen (secondary N) is 1. The van der Waals surface area contributed by atoms with Crippen LogP contribution in [0, 0.1) is 11.8 Å². The highest BCUT2D eigenvalue weighted by Crippen LogP contribution is 2.45. The number of benzene rings is 2. The number of fused-ring (bicyclic) bond motifs is 2. The molecule has 0 saturated carbocycles. The van der Waals surface area contributed by atoms with Crippen molar-refractivity contribution in [2.24, 2.45) is 11.8 Å². The van der Waals surface area contributed by atoms with E-state index in [1.165, 1.54) is 11.3 Å². The number of carbonyl (C=O) groups excluding carboxylic acids is 2. The molecule has 2 N–H and O–H groups in total. The molecule has 180 valence electrons. The SMILES string of the molecule is CCOC(=O)c1c(-c2ccc(-c3ccccc3)cc2)csc1NC(=O)[C@@H]1[C@@H](C(=O)O)[C@@H]2CC[C@H]1O2. The largest absolute Gasteiger partial charge is 0.481 e. The first-order valence-electron chi connectivity index (χ1n) is 11.6. The minimum Gasteiger partial charge on any atom is -0.481 e. The fraction of sp³-hybridized carbons (Fsp3) is 0.296. The number of aliphatic carboxylic acids is 1. The van der Waals surface area contributed by atoms with Gasteiger partial charge in [-0.3, -0.25) is 9.59 Å². The first-order chi connectivity index (χ1) is 17.0. The number of carboxylic acid groups (broad SMARTS) is 1. The van der Waals surface area contributed by atoms with Crippen molar-refractivity contribution >= 4 is 34.2 Å². The van der Waals surface area contributed by atoms with Gasteiger partial charge in [0.05, 0.1) is 30.7 Å². The number of rotatable bonds is 7. The Kier molecular flexibility index (Phi) is 6.40. The average Bonchev–Trinajstić information content (AvgIpc) is 3.59. The van der Waals surface area contributed by atoms with Crippen LogP contribution in [0.25, 0.3) is 22.3 Å². The lowest BCUT2D eigenvalue weighted by atomic mass is 9.79. The fourth-order valence-corrected chi connectivity index (χ4v) is 6.02. The van der Waals surface area contributed by atoms with Gasteiger partial charge < -0.3 is 19.9 Å². The van der Waals surface area contributed by atoms with Gasteiger partial charge in [-0.2, -0.15) is 0 Å². The quantitative estimate of drug-likeness (QED) is 0.447. The smallest absolute Gasteiger partial charge is 0.341 e. The Morgan fingerprint density at radius 2 is 1.60 bits per heavy atom. The van der Waals surface area contributed by atoms with Gasteiger partial charge in [-0.15, -0.1) is 11.3 Å². The third-order valence-corrected chi connectivity index (χ3v) is 7.57. The second-order valence-electron chi connectivity index (χ2n) is 8.69. The Morgan fingerprint density at radius 3 is 2.26 bits per heavy atom. The summed E-state index contributed by atoms with van der Waals surface area (Å²) in [6.07, 6.45) is 0.430. The maximum Gasteiger partial charge on any atom is 0.341 e. The molecule has 1 aromatic heterocycles. The minimum absolute atomic E-state index is 0.190. The highest BCUT2D eigenvalue weighted by Gasteiger charge is 2.55. The van der Waals surface area contributed by atoms with Gasteiger partial charge in [0.25, 0.3) is 0 Å². The van der Waals surface area contributed by atoms with Crippen LogP contribution in [-0.4, -0.2) is 41.8 Å². The lowest BCUT2D eigenvalue weighted by Gasteiger charge is -2.23. The molecule has 4 atom stereocenters. The molecule has 3 aromatic rings. The van der Waals surface area contributed by atoms with Crippen molar-refractivity contribution in [2.45, 2.75) is 32.0 Å². The van der Waals surface area contributed by atoms with E-state index in [1.807, 2.05) is 60.0 Å². The first-order valence-corrected chi connectivity index (χ1v) is 12.5. The molecule has 2 aromatic carbocycles. The zero-order chi connectivity index (χ0) is 24.5. The summed E-state index contributed by atoms with van der Waals surface area (Å²) in [6, 6.07) is 17.8. The molecular weight excluding hydrogens is 466 g/mol. The molecule has 0 spiro atoms. The lowest BCUT2D eigenvalue weighted by Crippen LogP contribution is -2.41. The second-order valence-corrected chi connectivity index (χ2v) is 9.57. The molecule has 3 heterocycles. The summed E-state index contributed by atoms with van der Waals surface area (Å²) in [5.41, 5.74) is 3.88. The van der Waals surface area contributed by atoms with Crippen LogP contribution in [-0.2, 0) is 19.1 Å². The first kappa shape index (κ1) is 23.3. The summed E-state index contributed by atoms with van der Waals surface area (Å²) >= 11 is 1.22. The maximum absolute atomic E-state index is 13.2. The van der Waals surface area contributed by atoms with E-state index < -0.39 is 41.9 Å². The van der Waals surface area contributed by atoms with Crippen LogP contribution in [0.15, 0.2) is 60.0 Å². The Hall–Kier alpha value is -3.49. The van der Waals surface area contributed by atoms with E-state index in [2.05, 4.69) is 5.32 Å². The van der Waals surface area contributed by atoms with Crippen molar-refractivity contribution in [3.8, 4) is 22.3 Å². The van der Waals surface area contributed by atoms with Crippen LogP contribution in [0.1, 0.15) is 30.1 Å². The highest BCUT2D eigenvalue weighted by molar-refractivity contribution is 7.15. The van der Waals surface area contributed by atoms with E-state index in [0.717, 1.165) is 16.7 Å². The third kappa shape index (κ3) is 4.35. The summed E-state index contributed by atoms with van der Waals surface area (Å²) in [7, 11) is 0. The number of ether oxygens (including phenoxy) is 2. The normalized spacial score (nSPS) is 22.7. The van der Waals surface area contributed by atoms with Crippen LogP contribution >= 0.6 is 11.3 Å². The zero-order valence-electron chi connectivity index (χ0n) is 19.1. The van der Waals surface area contributed by atoms with Crippen molar-refractivity contribution in [1.29, 1.82) is 0 Å². The monoisotopic (exact) mass is 491 g/mol. The molecule has 2 saturated heterocycles. The fourth-order valence-electron chi connectivity index (χ4n) is 5.06. The number of carboxylic acids is 1. The Labute approximate surface area is 206 Å². The molecule has 2 aliphatic rings.